The summed E-state index contributed by atoms with van der Waals surface area (Å²) in [6.45, 7) is 4.33. The minimum absolute atomic E-state index is 0.0223. The Labute approximate surface area is 148 Å². The zero-order valence-electron chi connectivity index (χ0n) is 14.6. The van der Waals surface area contributed by atoms with Crippen molar-refractivity contribution in [1.29, 1.82) is 0 Å². The Morgan fingerprint density at radius 2 is 1.76 bits per heavy atom. The average molecular weight is 336 g/mol. The molecule has 5 heteroatoms. The van der Waals surface area contributed by atoms with Crippen molar-refractivity contribution in [3.8, 4) is 11.1 Å². The predicted molar refractivity (Wildman–Crippen MR) is 99.9 cm³/mol. The van der Waals surface area contributed by atoms with Gasteiger partial charge in [0, 0.05) is 55.9 Å². The molecule has 2 fully saturated rings. The first-order chi connectivity index (χ1) is 12.2. The Morgan fingerprint density at radius 1 is 1.04 bits per heavy atom. The Hall–Kier alpha value is -2.40. The van der Waals surface area contributed by atoms with Gasteiger partial charge in [-0.05, 0) is 43.7 Å². The van der Waals surface area contributed by atoms with Gasteiger partial charge in [-0.3, -0.25) is 9.78 Å². The van der Waals surface area contributed by atoms with Gasteiger partial charge >= 0.3 is 0 Å². The molecule has 4 rings (SSSR count). The number of hydrogen-bond donors (Lipinski definition) is 1. The van der Waals surface area contributed by atoms with Crippen LogP contribution in [0.2, 0.25) is 0 Å². The molecule has 1 N–H and O–H groups in total. The summed E-state index contributed by atoms with van der Waals surface area (Å²) in [7, 11) is 2.17. The number of nitrogens with one attached hydrogen (secondary N) is 1. The van der Waals surface area contributed by atoms with Crippen LogP contribution in [0.4, 0.5) is 5.69 Å². The molecule has 2 aromatic rings. The maximum Gasteiger partial charge on any atom is 0.253 e. The van der Waals surface area contributed by atoms with Crippen molar-refractivity contribution in [3.63, 3.8) is 0 Å². The summed E-state index contributed by atoms with van der Waals surface area (Å²) < 4.78 is 0. The van der Waals surface area contributed by atoms with E-state index >= 15 is 0 Å². The minimum atomic E-state index is -0.0223. The van der Waals surface area contributed by atoms with Crippen LogP contribution in [0.15, 0.2) is 42.7 Å². The quantitative estimate of drug-likeness (QED) is 0.931. The van der Waals surface area contributed by atoms with Crippen LogP contribution in [0.5, 0.6) is 0 Å². The first-order valence-electron chi connectivity index (χ1n) is 8.99. The summed E-state index contributed by atoms with van der Waals surface area (Å²) in [5, 5.41) is 3.01. The molecule has 1 saturated heterocycles. The number of aromatic nitrogens is 1. The van der Waals surface area contributed by atoms with Crippen LogP contribution < -0.4 is 10.2 Å². The smallest absolute Gasteiger partial charge is 0.253 e. The Kier molecular flexibility index (Phi) is 4.40. The number of amides is 1. The summed E-state index contributed by atoms with van der Waals surface area (Å²) >= 11 is 0. The van der Waals surface area contributed by atoms with Gasteiger partial charge in [-0.2, -0.15) is 0 Å². The SMILES string of the molecule is CN1CCN(c2ccc(-c3cncc(C(=O)NC4CC4)c3)cc2)CC1. The second kappa shape index (κ2) is 6.84. The molecule has 0 radical (unpaired) electrons. The number of hydrogen-bond acceptors (Lipinski definition) is 4. The second-order valence-corrected chi connectivity index (χ2v) is 7.05. The molecule has 25 heavy (non-hydrogen) atoms. The fraction of sp³-hybridized carbons (Fsp3) is 0.400. The van der Waals surface area contributed by atoms with E-state index in [0.29, 0.717) is 11.6 Å². The van der Waals surface area contributed by atoms with Gasteiger partial charge in [-0.15, -0.1) is 0 Å². The van der Waals surface area contributed by atoms with E-state index in [1.54, 1.807) is 6.20 Å². The highest BCUT2D eigenvalue weighted by molar-refractivity contribution is 5.95. The summed E-state index contributed by atoms with van der Waals surface area (Å²) in [5.74, 6) is -0.0223. The molecule has 2 heterocycles. The van der Waals surface area contributed by atoms with Crippen molar-refractivity contribution in [1.82, 2.24) is 15.2 Å². The number of benzene rings is 1. The van der Waals surface area contributed by atoms with Crippen molar-refractivity contribution in [2.24, 2.45) is 0 Å². The molecule has 2 aliphatic rings. The lowest BCUT2D eigenvalue weighted by atomic mass is 10.0. The zero-order valence-corrected chi connectivity index (χ0v) is 14.6. The fourth-order valence-corrected chi connectivity index (χ4v) is 3.15. The van der Waals surface area contributed by atoms with Crippen molar-refractivity contribution in [2.45, 2.75) is 18.9 Å². The summed E-state index contributed by atoms with van der Waals surface area (Å²) in [6, 6.07) is 10.9. The van der Waals surface area contributed by atoms with Gasteiger partial charge in [0.05, 0.1) is 5.56 Å². The van der Waals surface area contributed by atoms with Gasteiger partial charge in [0.15, 0.2) is 0 Å². The van der Waals surface area contributed by atoms with E-state index in [4.69, 9.17) is 0 Å². The number of likely N-dealkylation sites (N-methyl/N-ethyl adjacent to an activating group) is 1. The van der Waals surface area contributed by atoms with E-state index in [1.807, 2.05) is 12.3 Å². The highest BCUT2D eigenvalue weighted by Gasteiger charge is 2.24. The Bertz CT molecular complexity index is 747. The first kappa shape index (κ1) is 16.1. The molecule has 1 aliphatic heterocycles. The zero-order chi connectivity index (χ0) is 17.2. The fourth-order valence-electron chi connectivity index (χ4n) is 3.15. The molecular formula is C20H24N4O. The van der Waals surface area contributed by atoms with Crippen molar-refractivity contribution >= 4 is 11.6 Å². The first-order valence-corrected chi connectivity index (χ1v) is 8.99. The number of carbonyl (C=O) groups excluding carboxylic acids is 1. The molecule has 1 aromatic heterocycles. The molecule has 1 saturated carbocycles. The normalized spacial score (nSPS) is 18.2. The predicted octanol–water partition coefficient (Wildman–Crippen LogP) is 2.39. The van der Waals surface area contributed by atoms with Crippen molar-refractivity contribution in [3.05, 3.63) is 48.3 Å². The van der Waals surface area contributed by atoms with Gasteiger partial charge in [-0.1, -0.05) is 12.1 Å². The molecule has 5 nitrogen and oxygen atoms in total. The third-order valence-corrected chi connectivity index (χ3v) is 4.98. The highest BCUT2D eigenvalue weighted by atomic mass is 16.1. The van der Waals surface area contributed by atoms with E-state index in [-0.39, 0.29) is 5.91 Å². The number of piperazine rings is 1. The molecule has 0 unspecified atom stereocenters. The van der Waals surface area contributed by atoms with Crippen LogP contribution in [-0.2, 0) is 0 Å². The Morgan fingerprint density at radius 3 is 2.44 bits per heavy atom. The van der Waals surface area contributed by atoms with E-state index in [9.17, 15) is 4.79 Å². The van der Waals surface area contributed by atoms with Gasteiger partial charge in [-0.25, -0.2) is 0 Å². The van der Waals surface area contributed by atoms with Crippen LogP contribution in [-0.4, -0.2) is 55.1 Å². The number of carbonyl (C=O) groups is 1. The lowest BCUT2D eigenvalue weighted by Gasteiger charge is -2.34. The minimum Gasteiger partial charge on any atom is -0.369 e. The standard InChI is InChI=1S/C20H24N4O/c1-23-8-10-24(11-9-23)19-6-2-15(3-7-19)16-12-17(14-21-13-16)20(25)22-18-4-5-18/h2-3,6-7,12-14,18H,4-5,8-11H2,1H3,(H,22,25). The molecule has 0 spiro atoms. The number of pyridine rings is 1. The lowest BCUT2D eigenvalue weighted by Crippen LogP contribution is -2.44. The van der Waals surface area contributed by atoms with E-state index < -0.39 is 0 Å². The monoisotopic (exact) mass is 336 g/mol. The van der Waals surface area contributed by atoms with Crippen LogP contribution in [0, 0.1) is 0 Å². The molecule has 1 aromatic carbocycles. The van der Waals surface area contributed by atoms with Gasteiger partial charge in [0.1, 0.15) is 0 Å². The van der Waals surface area contributed by atoms with Crippen molar-refractivity contribution in [2.75, 3.05) is 38.1 Å². The second-order valence-electron chi connectivity index (χ2n) is 7.05. The van der Waals surface area contributed by atoms with E-state index in [2.05, 4.69) is 51.4 Å². The lowest BCUT2D eigenvalue weighted by molar-refractivity contribution is 0.0950. The summed E-state index contributed by atoms with van der Waals surface area (Å²) in [5.41, 5.74) is 3.96. The topological polar surface area (TPSA) is 48.5 Å². The molecule has 0 atom stereocenters. The average Bonchev–Trinajstić information content (AvgIpc) is 3.47. The van der Waals surface area contributed by atoms with Gasteiger partial charge < -0.3 is 15.1 Å². The van der Waals surface area contributed by atoms with E-state index in [1.165, 1.54) is 5.69 Å². The molecule has 130 valence electrons. The summed E-state index contributed by atoms with van der Waals surface area (Å²) in [6.07, 6.45) is 5.64. The Balaban J connectivity index is 1.49. The van der Waals surface area contributed by atoms with Crippen LogP contribution >= 0.6 is 0 Å². The maximum atomic E-state index is 12.2. The van der Waals surface area contributed by atoms with Crippen LogP contribution in [0.25, 0.3) is 11.1 Å². The highest BCUT2D eigenvalue weighted by Crippen LogP contribution is 2.25. The molecule has 1 aliphatic carbocycles. The van der Waals surface area contributed by atoms with Crippen molar-refractivity contribution < 1.29 is 4.79 Å². The van der Waals surface area contributed by atoms with Gasteiger partial charge in [0.25, 0.3) is 5.91 Å². The number of anilines is 1. The maximum absolute atomic E-state index is 12.2. The number of nitrogens with zero attached hydrogens (tertiary/aromatic N) is 3. The summed E-state index contributed by atoms with van der Waals surface area (Å²) in [4.78, 5) is 21.2. The largest absolute Gasteiger partial charge is 0.369 e. The third kappa shape index (κ3) is 3.82. The number of rotatable bonds is 4. The molecule has 0 bridgehead atoms. The molecule has 1 amide bonds. The van der Waals surface area contributed by atoms with Gasteiger partial charge in [0.2, 0.25) is 0 Å². The third-order valence-electron chi connectivity index (χ3n) is 4.98. The van der Waals surface area contributed by atoms with E-state index in [0.717, 1.165) is 50.1 Å². The molecular weight excluding hydrogens is 312 g/mol. The van der Waals surface area contributed by atoms with Crippen LogP contribution in [0.3, 0.4) is 0 Å². The van der Waals surface area contributed by atoms with Crippen LogP contribution in [0.1, 0.15) is 23.2 Å².